The van der Waals surface area contributed by atoms with Gasteiger partial charge in [0.1, 0.15) is 0 Å². The maximum atomic E-state index is 12.1. The molecule has 5 heteroatoms. The van der Waals surface area contributed by atoms with E-state index < -0.39 is 0 Å². The van der Waals surface area contributed by atoms with Crippen LogP contribution in [0, 0.1) is 5.41 Å². The molecule has 1 atom stereocenters. The van der Waals surface area contributed by atoms with Crippen LogP contribution in [0.5, 0.6) is 0 Å². The number of carbonyl (C=O) groups is 1. The minimum absolute atomic E-state index is 0. The van der Waals surface area contributed by atoms with Crippen molar-refractivity contribution in [3.8, 4) is 0 Å². The molecule has 136 valence electrons. The van der Waals surface area contributed by atoms with Gasteiger partial charge in [-0.15, -0.1) is 12.4 Å². The Morgan fingerprint density at radius 2 is 2.08 bits per heavy atom. The highest BCUT2D eigenvalue weighted by atomic mass is 35.5. The van der Waals surface area contributed by atoms with Crippen LogP contribution in [0.3, 0.4) is 0 Å². The molecule has 24 heavy (non-hydrogen) atoms. The Morgan fingerprint density at radius 1 is 1.33 bits per heavy atom. The zero-order chi connectivity index (χ0) is 16.5. The highest BCUT2D eigenvalue weighted by Crippen LogP contribution is 2.22. The number of carbonyl (C=O) groups excluding carboxylic acids is 1. The molecule has 1 amide bonds. The Hall–Kier alpha value is -0.710. The molecule has 3 nitrogen and oxygen atoms in total. The lowest BCUT2D eigenvalue weighted by Gasteiger charge is -2.26. The molecular formula is C19H31ClN2OS. The van der Waals surface area contributed by atoms with E-state index in [4.69, 9.17) is 0 Å². The Bertz CT molecular complexity index is 476. The molecule has 1 saturated heterocycles. The van der Waals surface area contributed by atoms with E-state index >= 15 is 0 Å². The maximum Gasteiger partial charge on any atom is 0.221 e. The van der Waals surface area contributed by atoms with Gasteiger partial charge in [-0.1, -0.05) is 44.2 Å². The van der Waals surface area contributed by atoms with Gasteiger partial charge in [0.05, 0.1) is 0 Å². The average molecular weight is 371 g/mol. The van der Waals surface area contributed by atoms with Crippen molar-refractivity contribution in [1.82, 2.24) is 10.6 Å². The van der Waals surface area contributed by atoms with Crippen molar-refractivity contribution in [2.24, 2.45) is 5.41 Å². The summed E-state index contributed by atoms with van der Waals surface area (Å²) in [4.78, 5) is 12.1. The third-order valence-corrected chi connectivity index (χ3v) is 5.49. The summed E-state index contributed by atoms with van der Waals surface area (Å²) in [6, 6.07) is 11.0. The zero-order valence-electron chi connectivity index (χ0n) is 14.8. The third kappa shape index (κ3) is 8.41. The van der Waals surface area contributed by atoms with Crippen LogP contribution in [0.4, 0.5) is 0 Å². The van der Waals surface area contributed by atoms with Gasteiger partial charge in [0, 0.05) is 37.1 Å². The number of aryl methyl sites for hydroxylation is 1. The predicted octanol–water partition coefficient (Wildman–Crippen LogP) is 3.67. The second kappa shape index (κ2) is 11.0. The van der Waals surface area contributed by atoms with Gasteiger partial charge >= 0.3 is 0 Å². The highest BCUT2D eigenvalue weighted by molar-refractivity contribution is 7.99. The normalized spacial score (nSPS) is 17.8. The molecule has 0 bridgehead atoms. The van der Waals surface area contributed by atoms with Gasteiger partial charge in [-0.3, -0.25) is 4.79 Å². The zero-order valence-corrected chi connectivity index (χ0v) is 16.5. The average Bonchev–Trinajstić information content (AvgIpc) is 2.55. The van der Waals surface area contributed by atoms with Crippen LogP contribution < -0.4 is 10.6 Å². The van der Waals surface area contributed by atoms with Crippen LogP contribution in [0.2, 0.25) is 0 Å². The Morgan fingerprint density at radius 3 is 2.75 bits per heavy atom. The Kier molecular flexibility index (Phi) is 9.79. The van der Waals surface area contributed by atoms with E-state index in [0.29, 0.717) is 12.5 Å². The third-order valence-electron chi connectivity index (χ3n) is 4.36. The lowest BCUT2D eigenvalue weighted by molar-refractivity contribution is -0.121. The number of hydrogen-bond donors (Lipinski definition) is 2. The highest BCUT2D eigenvalue weighted by Gasteiger charge is 2.21. The Labute approximate surface area is 157 Å². The first-order valence-corrected chi connectivity index (χ1v) is 9.82. The number of hydrogen-bond acceptors (Lipinski definition) is 3. The second-order valence-corrected chi connectivity index (χ2v) is 8.36. The largest absolute Gasteiger partial charge is 0.356 e. The van der Waals surface area contributed by atoms with Crippen molar-refractivity contribution in [3.63, 3.8) is 0 Å². The van der Waals surface area contributed by atoms with Crippen molar-refractivity contribution in [2.75, 3.05) is 24.6 Å². The molecule has 0 aromatic heterocycles. The molecule has 1 heterocycles. The molecule has 0 aliphatic carbocycles. The summed E-state index contributed by atoms with van der Waals surface area (Å²) in [5.74, 6) is 2.39. The predicted molar refractivity (Wildman–Crippen MR) is 107 cm³/mol. The number of amides is 1. The lowest BCUT2D eigenvalue weighted by Crippen LogP contribution is -2.42. The van der Waals surface area contributed by atoms with E-state index in [-0.39, 0.29) is 23.7 Å². The van der Waals surface area contributed by atoms with Crippen molar-refractivity contribution in [3.05, 3.63) is 35.9 Å². The summed E-state index contributed by atoms with van der Waals surface area (Å²) in [5, 5.41) is 6.55. The van der Waals surface area contributed by atoms with Gasteiger partial charge in [0.25, 0.3) is 0 Å². The number of rotatable bonds is 8. The number of halogens is 1. The first-order valence-electron chi connectivity index (χ1n) is 8.67. The van der Waals surface area contributed by atoms with Crippen molar-refractivity contribution < 1.29 is 4.79 Å². The quantitative estimate of drug-likeness (QED) is 0.733. The van der Waals surface area contributed by atoms with Gasteiger partial charge in [0.15, 0.2) is 0 Å². The van der Waals surface area contributed by atoms with Gasteiger partial charge in [-0.25, -0.2) is 0 Å². The summed E-state index contributed by atoms with van der Waals surface area (Å²) in [5.41, 5.74) is 1.55. The van der Waals surface area contributed by atoms with Crippen LogP contribution in [-0.4, -0.2) is 36.5 Å². The van der Waals surface area contributed by atoms with Gasteiger partial charge in [-0.05, 0) is 30.2 Å². The van der Waals surface area contributed by atoms with Crippen LogP contribution >= 0.6 is 24.2 Å². The van der Waals surface area contributed by atoms with Crippen LogP contribution in [0.25, 0.3) is 0 Å². The van der Waals surface area contributed by atoms with Crippen LogP contribution in [0.1, 0.15) is 38.7 Å². The van der Waals surface area contributed by atoms with E-state index in [9.17, 15) is 4.79 Å². The van der Waals surface area contributed by atoms with E-state index in [1.54, 1.807) is 0 Å². The summed E-state index contributed by atoms with van der Waals surface area (Å²) in [6.07, 6.45) is 4.00. The minimum Gasteiger partial charge on any atom is -0.356 e. The van der Waals surface area contributed by atoms with Gasteiger partial charge in [-0.2, -0.15) is 11.8 Å². The molecule has 1 fully saturated rings. The summed E-state index contributed by atoms with van der Waals surface area (Å²) >= 11 is 1.94. The molecule has 0 spiro atoms. The van der Waals surface area contributed by atoms with Crippen molar-refractivity contribution >= 4 is 30.1 Å². The maximum absolute atomic E-state index is 12.1. The fourth-order valence-corrected chi connectivity index (χ4v) is 3.84. The van der Waals surface area contributed by atoms with Gasteiger partial charge in [0.2, 0.25) is 5.91 Å². The Balaban J connectivity index is 0.00000288. The lowest BCUT2D eigenvalue weighted by atomic mass is 9.86. The van der Waals surface area contributed by atoms with E-state index in [1.807, 2.05) is 11.8 Å². The van der Waals surface area contributed by atoms with Crippen molar-refractivity contribution in [1.29, 1.82) is 0 Å². The van der Waals surface area contributed by atoms with Crippen LogP contribution in [0.15, 0.2) is 30.3 Å². The molecule has 1 aromatic rings. The summed E-state index contributed by atoms with van der Waals surface area (Å²) in [6.45, 7) is 6.27. The van der Waals surface area contributed by atoms with Crippen molar-refractivity contribution in [2.45, 2.75) is 45.6 Å². The molecule has 0 radical (unpaired) electrons. The number of thioether (sulfide) groups is 1. The SMILES string of the molecule is CC(C)(CCCc1ccccc1)CNC(=O)CC1CSCCN1.Cl. The number of benzene rings is 1. The first kappa shape index (κ1) is 21.3. The standard InChI is InChI=1S/C19H30N2OS.ClH/c1-19(2,10-6-9-16-7-4-3-5-8-16)15-21-18(22)13-17-14-23-12-11-20-17;/h3-5,7-8,17,20H,6,9-15H2,1-2H3,(H,21,22);1H. The second-order valence-electron chi connectivity index (χ2n) is 7.21. The summed E-state index contributed by atoms with van der Waals surface area (Å²) < 4.78 is 0. The molecule has 2 N–H and O–H groups in total. The molecular weight excluding hydrogens is 340 g/mol. The minimum atomic E-state index is 0. The topological polar surface area (TPSA) is 41.1 Å². The first-order chi connectivity index (χ1) is 11.1. The van der Waals surface area contributed by atoms with Gasteiger partial charge < -0.3 is 10.6 Å². The van der Waals surface area contributed by atoms with Crippen LogP contribution in [-0.2, 0) is 11.2 Å². The van der Waals surface area contributed by atoms with E-state index in [2.05, 4.69) is 54.8 Å². The number of nitrogens with one attached hydrogen (secondary N) is 2. The van der Waals surface area contributed by atoms with E-state index in [1.165, 1.54) is 5.56 Å². The molecule has 1 aliphatic rings. The monoisotopic (exact) mass is 370 g/mol. The molecule has 1 unspecified atom stereocenters. The smallest absolute Gasteiger partial charge is 0.221 e. The molecule has 2 rings (SSSR count). The molecule has 1 aromatic carbocycles. The summed E-state index contributed by atoms with van der Waals surface area (Å²) in [7, 11) is 0. The fourth-order valence-electron chi connectivity index (χ4n) is 2.89. The van der Waals surface area contributed by atoms with E-state index in [0.717, 1.165) is 43.9 Å². The molecule has 0 saturated carbocycles. The fraction of sp³-hybridized carbons (Fsp3) is 0.632. The molecule has 1 aliphatic heterocycles.